The molecule has 1 aliphatic heterocycles. The van der Waals surface area contributed by atoms with Crippen LogP contribution >= 0.6 is 0 Å². The van der Waals surface area contributed by atoms with Crippen molar-refractivity contribution in [1.29, 1.82) is 0 Å². The molecule has 1 aliphatic rings. The molecular weight excluding hydrogens is 194 g/mol. The summed E-state index contributed by atoms with van der Waals surface area (Å²) in [5, 5.41) is 2.69. The fourth-order valence-electron chi connectivity index (χ4n) is 2.58. The van der Waals surface area contributed by atoms with Crippen LogP contribution in [0.2, 0.25) is 0 Å². The molecule has 80 valence electrons. The zero-order valence-electron chi connectivity index (χ0n) is 9.91. The summed E-state index contributed by atoms with van der Waals surface area (Å²) in [6, 6.07) is 10.8. The lowest BCUT2D eigenvalue weighted by atomic mass is 9.83. The summed E-state index contributed by atoms with van der Waals surface area (Å²) >= 11 is 0. The molecule has 3 rings (SSSR count). The molecule has 0 saturated carbocycles. The van der Waals surface area contributed by atoms with Crippen LogP contribution in [0.25, 0.3) is 10.8 Å². The number of fused-ring (bicyclic) bond motifs is 3. The Morgan fingerprint density at radius 3 is 2.62 bits per heavy atom. The molecule has 0 unspecified atom stereocenters. The Morgan fingerprint density at radius 1 is 1.00 bits per heavy atom. The molecule has 16 heavy (non-hydrogen) atoms. The minimum absolute atomic E-state index is 0.0582. The average Bonchev–Trinajstić information content (AvgIpc) is 2.56. The van der Waals surface area contributed by atoms with Gasteiger partial charge >= 0.3 is 0 Å². The molecule has 0 atom stereocenters. The molecule has 0 N–H and O–H groups in total. The van der Waals surface area contributed by atoms with E-state index in [0.29, 0.717) is 0 Å². The molecule has 0 bridgehead atoms. The van der Waals surface area contributed by atoms with Gasteiger partial charge < -0.3 is 0 Å². The van der Waals surface area contributed by atoms with Crippen LogP contribution in [-0.2, 0) is 5.41 Å². The van der Waals surface area contributed by atoms with E-state index in [2.05, 4.69) is 62.3 Å². The highest BCUT2D eigenvalue weighted by molar-refractivity contribution is 5.99. The fourth-order valence-corrected chi connectivity index (χ4v) is 2.58. The molecular formula is C15H15N. The maximum Gasteiger partial charge on any atom is 0.0673 e. The van der Waals surface area contributed by atoms with Crippen LogP contribution in [-0.4, -0.2) is 6.21 Å². The van der Waals surface area contributed by atoms with Gasteiger partial charge in [0.05, 0.1) is 5.69 Å². The van der Waals surface area contributed by atoms with Gasteiger partial charge in [-0.05, 0) is 34.9 Å². The Bertz CT molecular complexity index is 606. The smallest absolute Gasteiger partial charge is 0.0673 e. The third-order valence-electron chi connectivity index (χ3n) is 3.43. The minimum atomic E-state index is 0.0582. The quantitative estimate of drug-likeness (QED) is 0.618. The van der Waals surface area contributed by atoms with Gasteiger partial charge in [0.1, 0.15) is 0 Å². The Balaban J connectivity index is 2.47. The third-order valence-corrected chi connectivity index (χ3v) is 3.43. The van der Waals surface area contributed by atoms with Crippen LogP contribution in [0, 0.1) is 6.92 Å². The summed E-state index contributed by atoms with van der Waals surface area (Å²) < 4.78 is 0. The largest absolute Gasteiger partial charge is 0.260 e. The van der Waals surface area contributed by atoms with E-state index in [1.807, 2.05) is 0 Å². The molecule has 0 fully saturated rings. The average molecular weight is 209 g/mol. The first kappa shape index (κ1) is 9.59. The fraction of sp³-hybridized carbons (Fsp3) is 0.267. The van der Waals surface area contributed by atoms with Gasteiger partial charge in [-0.2, -0.15) is 0 Å². The number of benzene rings is 2. The van der Waals surface area contributed by atoms with E-state index in [4.69, 9.17) is 0 Å². The monoisotopic (exact) mass is 209 g/mol. The molecule has 0 amide bonds. The third kappa shape index (κ3) is 1.15. The van der Waals surface area contributed by atoms with E-state index in [0.717, 1.165) is 5.69 Å². The predicted octanol–water partition coefficient (Wildman–Crippen LogP) is 4.14. The van der Waals surface area contributed by atoms with E-state index in [1.54, 1.807) is 0 Å². The van der Waals surface area contributed by atoms with E-state index in [1.165, 1.54) is 21.9 Å². The minimum Gasteiger partial charge on any atom is -0.260 e. The number of aliphatic imine (C=N–C) groups is 1. The number of hydrogen-bond donors (Lipinski definition) is 0. The van der Waals surface area contributed by atoms with Gasteiger partial charge in [0.25, 0.3) is 0 Å². The van der Waals surface area contributed by atoms with Crippen molar-refractivity contribution in [3.05, 3.63) is 41.5 Å². The molecule has 1 heterocycles. The van der Waals surface area contributed by atoms with Crippen molar-refractivity contribution in [2.24, 2.45) is 4.99 Å². The highest BCUT2D eigenvalue weighted by atomic mass is 14.8. The summed E-state index contributed by atoms with van der Waals surface area (Å²) in [4.78, 5) is 4.51. The van der Waals surface area contributed by atoms with Crippen LogP contribution < -0.4 is 0 Å². The lowest BCUT2D eigenvalue weighted by Crippen LogP contribution is -2.15. The van der Waals surface area contributed by atoms with Gasteiger partial charge in [-0.15, -0.1) is 0 Å². The van der Waals surface area contributed by atoms with Crippen LogP contribution in [0.5, 0.6) is 0 Å². The Labute approximate surface area is 95.8 Å². The van der Waals surface area contributed by atoms with Crippen molar-refractivity contribution < 1.29 is 0 Å². The molecule has 2 aromatic rings. The lowest BCUT2D eigenvalue weighted by molar-refractivity contribution is 0.760. The molecule has 0 aromatic heterocycles. The highest BCUT2D eigenvalue weighted by Crippen LogP contribution is 2.41. The zero-order chi connectivity index (χ0) is 11.3. The number of hydrogen-bond acceptors (Lipinski definition) is 1. The summed E-state index contributed by atoms with van der Waals surface area (Å²) in [5.74, 6) is 0. The first-order valence-corrected chi connectivity index (χ1v) is 5.68. The van der Waals surface area contributed by atoms with Crippen molar-refractivity contribution in [3.8, 4) is 0 Å². The number of nitrogens with zero attached hydrogens (tertiary/aromatic N) is 1. The predicted molar refractivity (Wildman–Crippen MR) is 69.9 cm³/mol. The van der Waals surface area contributed by atoms with Crippen molar-refractivity contribution in [1.82, 2.24) is 0 Å². The number of aryl methyl sites for hydroxylation is 1. The summed E-state index contributed by atoms with van der Waals surface area (Å²) in [6.45, 7) is 6.62. The topological polar surface area (TPSA) is 12.4 Å². The van der Waals surface area contributed by atoms with Gasteiger partial charge in [-0.1, -0.05) is 38.1 Å². The Kier molecular flexibility index (Phi) is 1.76. The normalized spacial score (nSPS) is 16.7. The SMILES string of the molecule is Cc1cccc2c3c(ccc12)N=CC3(C)C. The highest BCUT2D eigenvalue weighted by Gasteiger charge is 2.28. The molecule has 2 aromatic carbocycles. The van der Waals surface area contributed by atoms with E-state index >= 15 is 0 Å². The zero-order valence-corrected chi connectivity index (χ0v) is 9.91. The molecule has 1 nitrogen and oxygen atoms in total. The van der Waals surface area contributed by atoms with Crippen LogP contribution in [0.4, 0.5) is 5.69 Å². The molecule has 0 radical (unpaired) electrons. The maximum atomic E-state index is 4.51. The van der Waals surface area contributed by atoms with E-state index in [9.17, 15) is 0 Å². The molecule has 0 aliphatic carbocycles. The van der Waals surface area contributed by atoms with Gasteiger partial charge in [0.15, 0.2) is 0 Å². The number of rotatable bonds is 0. The van der Waals surface area contributed by atoms with Crippen molar-refractivity contribution in [2.75, 3.05) is 0 Å². The maximum absolute atomic E-state index is 4.51. The van der Waals surface area contributed by atoms with Crippen molar-refractivity contribution in [3.63, 3.8) is 0 Å². The van der Waals surface area contributed by atoms with Crippen LogP contribution in [0.3, 0.4) is 0 Å². The second-order valence-corrected chi connectivity index (χ2v) is 5.11. The van der Waals surface area contributed by atoms with Gasteiger partial charge in [0.2, 0.25) is 0 Å². The molecule has 0 spiro atoms. The summed E-state index contributed by atoms with van der Waals surface area (Å²) in [6.07, 6.45) is 2.06. The van der Waals surface area contributed by atoms with Crippen LogP contribution in [0.1, 0.15) is 25.0 Å². The van der Waals surface area contributed by atoms with Crippen LogP contribution in [0.15, 0.2) is 35.3 Å². The lowest BCUT2D eigenvalue weighted by Gasteiger charge is -2.18. The first-order chi connectivity index (χ1) is 7.59. The molecule has 1 heteroatoms. The first-order valence-electron chi connectivity index (χ1n) is 5.68. The van der Waals surface area contributed by atoms with Crippen molar-refractivity contribution >= 4 is 22.7 Å². The van der Waals surface area contributed by atoms with Gasteiger partial charge in [0, 0.05) is 11.6 Å². The van der Waals surface area contributed by atoms with E-state index < -0.39 is 0 Å². The Morgan fingerprint density at radius 2 is 1.81 bits per heavy atom. The summed E-state index contributed by atoms with van der Waals surface area (Å²) in [5.41, 5.74) is 3.89. The van der Waals surface area contributed by atoms with Crippen molar-refractivity contribution in [2.45, 2.75) is 26.2 Å². The van der Waals surface area contributed by atoms with Gasteiger partial charge in [-0.25, -0.2) is 0 Å². The second-order valence-electron chi connectivity index (χ2n) is 5.11. The Hall–Kier alpha value is -1.63. The summed E-state index contributed by atoms with van der Waals surface area (Å²) in [7, 11) is 0. The van der Waals surface area contributed by atoms with Gasteiger partial charge in [-0.3, -0.25) is 4.99 Å². The molecule has 0 saturated heterocycles. The van der Waals surface area contributed by atoms with E-state index in [-0.39, 0.29) is 5.41 Å². The standard InChI is InChI=1S/C15H15N/c1-10-5-4-6-12-11(10)7-8-13-14(12)15(2,3)9-16-13/h4-9H,1-3H3. The second kappa shape index (κ2) is 2.94.